The summed E-state index contributed by atoms with van der Waals surface area (Å²) in [6.45, 7) is -0.184. The Morgan fingerprint density at radius 1 is 1.47 bits per heavy atom. The van der Waals surface area contributed by atoms with Crippen LogP contribution in [0, 0.1) is 5.82 Å². The maximum absolute atomic E-state index is 13.1. The third-order valence-electron chi connectivity index (χ3n) is 2.54. The van der Waals surface area contributed by atoms with Crippen molar-refractivity contribution in [3.8, 4) is 5.69 Å². The van der Waals surface area contributed by atoms with Crippen molar-refractivity contribution in [2.75, 3.05) is 6.61 Å². The van der Waals surface area contributed by atoms with Crippen molar-refractivity contribution in [1.82, 2.24) is 9.78 Å². The second-order valence-electron chi connectivity index (χ2n) is 3.82. The van der Waals surface area contributed by atoms with Crippen LogP contribution in [-0.2, 0) is 6.42 Å². The Kier molecular flexibility index (Phi) is 3.82. The lowest BCUT2D eigenvalue weighted by Crippen LogP contribution is -2.03. The van der Waals surface area contributed by atoms with Crippen LogP contribution in [0.1, 0.15) is 16.1 Å². The number of aliphatic hydroxyl groups excluding tert-OH is 1. The van der Waals surface area contributed by atoms with Gasteiger partial charge in [0.2, 0.25) is 0 Å². The number of carbonyl (C=O) groups is 1. The topological polar surface area (TPSA) is 75.3 Å². The van der Waals surface area contributed by atoms with E-state index < -0.39 is 11.8 Å². The number of nitrogens with zero attached hydrogens (tertiary/aromatic N) is 2. The molecule has 19 heavy (non-hydrogen) atoms. The number of hydrogen-bond acceptors (Lipinski definition) is 3. The van der Waals surface area contributed by atoms with Gasteiger partial charge >= 0.3 is 5.97 Å². The summed E-state index contributed by atoms with van der Waals surface area (Å²) in [7, 11) is 0. The first-order chi connectivity index (χ1) is 9.02. The molecule has 0 aliphatic carbocycles. The predicted molar refractivity (Wildman–Crippen MR) is 66.3 cm³/mol. The summed E-state index contributed by atoms with van der Waals surface area (Å²) in [5.41, 5.74) is 0.697. The van der Waals surface area contributed by atoms with Gasteiger partial charge in [-0.1, -0.05) is 11.6 Å². The zero-order chi connectivity index (χ0) is 14.0. The molecule has 1 aromatic heterocycles. The molecule has 0 aliphatic heterocycles. The van der Waals surface area contributed by atoms with E-state index in [1.54, 1.807) is 0 Å². The minimum Gasteiger partial charge on any atom is -0.476 e. The van der Waals surface area contributed by atoms with Gasteiger partial charge in [-0.3, -0.25) is 0 Å². The number of hydrogen-bond donors (Lipinski definition) is 2. The van der Waals surface area contributed by atoms with Crippen molar-refractivity contribution < 1.29 is 19.4 Å². The Morgan fingerprint density at radius 2 is 2.21 bits per heavy atom. The van der Waals surface area contributed by atoms with Gasteiger partial charge in [0.25, 0.3) is 0 Å². The van der Waals surface area contributed by atoms with Gasteiger partial charge in [-0.2, -0.15) is 5.10 Å². The molecular weight excluding hydrogens is 275 g/mol. The smallest absolute Gasteiger partial charge is 0.356 e. The normalized spacial score (nSPS) is 10.7. The number of halogens is 2. The van der Waals surface area contributed by atoms with Crippen LogP contribution in [0.3, 0.4) is 0 Å². The van der Waals surface area contributed by atoms with Crippen LogP contribution >= 0.6 is 11.6 Å². The highest BCUT2D eigenvalue weighted by Gasteiger charge is 2.16. The number of rotatable bonds is 4. The maximum Gasteiger partial charge on any atom is 0.356 e. The van der Waals surface area contributed by atoms with E-state index in [2.05, 4.69) is 5.10 Å². The highest BCUT2D eigenvalue weighted by Crippen LogP contribution is 2.20. The summed E-state index contributed by atoms with van der Waals surface area (Å²) in [6.07, 6.45) is 1.65. The molecule has 0 amide bonds. The molecule has 1 aromatic carbocycles. The monoisotopic (exact) mass is 284 g/mol. The average Bonchev–Trinajstić information content (AvgIpc) is 2.77. The molecule has 7 heteroatoms. The Bertz CT molecular complexity index is 627. The lowest BCUT2D eigenvalue weighted by molar-refractivity contribution is 0.0688. The lowest BCUT2D eigenvalue weighted by Gasteiger charge is -2.02. The molecule has 0 bridgehead atoms. The molecule has 2 aromatic rings. The van der Waals surface area contributed by atoms with Crippen LogP contribution in [-0.4, -0.2) is 32.6 Å². The van der Waals surface area contributed by atoms with E-state index in [9.17, 15) is 9.18 Å². The van der Waals surface area contributed by atoms with E-state index >= 15 is 0 Å². The van der Waals surface area contributed by atoms with Crippen molar-refractivity contribution in [2.45, 2.75) is 6.42 Å². The van der Waals surface area contributed by atoms with E-state index in [4.69, 9.17) is 21.8 Å². The van der Waals surface area contributed by atoms with Gasteiger partial charge in [0.1, 0.15) is 5.82 Å². The van der Waals surface area contributed by atoms with E-state index in [1.807, 2.05) is 0 Å². The summed E-state index contributed by atoms with van der Waals surface area (Å²) in [4.78, 5) is 11.0. The van der Waals surface area contributed by atoms with Crippen LogP contribution in [0.5, 0.6) is 0 Å². The van der Waals surface area contributed by atoms with Gasteiger partial charge in [-0.15, -0.1) is 0 Å². The number of aromatic carboxylic acids is 1. The fourth-order valence-corrected chi connectivity index (χ4v) is 1.83. The summed E-state index contributed by atoms with van der Waals surface area (Å²) >= 11 is 5.66. The Morgan fingerprint density at radius 3 is 2.79 bits per heavy atom. The van der Waals surface area contributed by atoms with Crippen LogP contribution in [0.15, 0.2) is 24.4 Å². The average molecular weight is 285 g/mol. The maximum atomic E-state index is 13.1. The summed E-state index contributed by atoms with van der Waals surface area (Å²) < 4.78 is 14.4. The van der Waals surface area contributed by atoms with Gasteiger partial charge in [0, 0.05) is 18.4 Å². The van der Waals surface area contributed by atoms with Crippen LogP contribution < -0.4 is 0 Å². The van der Waals surface area contributed by atoms with Crippen LogP contribution in [0.2, 0.25) is 5.02 Å². The molecule has 0 atom stereocenters. The molecule has 0 fully saturated rings. The third kappa shape index (κ3) is 2.74. The molecule has 0 saturated heterocycles. The number of carboxylic acid groups (broad SMARTS) is 1. The SMILES string of the molecule is O=C(O)c1nn(-c2ccc(F)c(Cl)c2)cc1CCO. The van der Waals surface area contributed by atoms with Crippen molar-refractivity contribution >= 4 is 17.6 Å². The van der Waals surface area contributed by atoms with Gasteiger partial charge in [-0.25, -0.2) is 13.9 Å². The van der Waals surface area contributed by atoms with Gasteiger partial charge in [0.15, 0.2) is 5.69 Å². The highest BCUT2D eigenvalue weighted by atomic mass is 35.5. The van der Waals surface area contributed by atoms with Crippen molar-refractivity contribution in [1.29, 1.82) is 0 Å². The Balaban J connectivity index is 2.47. The summed E-state index contributed by atoms with van der Waals surface area (Å²) in [6, 6.07) is 3.95. The molecule has 0 spiro atoms. The van der Waals surface area contributed by atoms with Gasteiger partial charge < -0.3 is 10.2 Å². The van der Waals surface area contributed by atoms with Crippen LogP contribution in [0.25, 0.3) is 5.69 Å². The van der Waals surface area contributed by atoms with Gasteiger partial charge in [-0.05, 0) is 24.6 Å². The van der Waals surface area contributed by atoms with Crippen molar-refractivity contribution in [2.24, 2.45) is 0 Å². The molecule has 0 radical (unpaired) electrons. The molecule has 1 heterocycles. The van der Waals surface area contributed by atoms with Crippen molar-refractivity contribution in [3.05, 3.63) is 46.5 Å². The van der Waals surface area contributed by atoms with Gasteiger partial charge in [0.05, 0.1) is 10.7 Å². The fourth-order valence-electron chi connectivity index (χ4n) is 1.65. The highest BCUT2D eigenvalue weighted by molar-refractivity contribution is 6.30. The molecule has 100 valence electrons. The van der Waals surface area contributed by atoms with Crippen LogP contribution in [0.4, 0.5) is 4.39 Å². The number of aromatic nitrogens is 2. The summed E-state index contributed by atoms with van der Waals surface area (Å²) in [5.74, 6) is -1.75. The Labute approximate surface area is 112 Å². The first-order valence-electron chi connectivity index (χ1n) is 5.41. The zero-order valence-electron chi connectivity index (χ0n) is 9.68. The second-order valence-corrected chi connectivity index (χ2v) is 4.23. The largest absolute Gasteiger partial charge is 0.476 e. The number of benzene rings is 1. The summed E-state index contributed by atoms with van der Waals surface area (Å²) in [5, 5.41) is 21.7. The second kappa shape index (κ2) is 5.38. The molecule has 0 aliphatic rings. The fraction of sp³-hybridized carbons (Fsp3) is 0.167. The molecule has 5 nitrogen and oxygen atoms in total. The van der Waals surface area contributed by atoms with Crippen molar-refractivity contribution in [3.63, 3.8) is 0 Å². The third-order valence-corrected chi connectivity index (χ3v) is 2.83. The molecule has 0 unspecified atom stereocenters. The molecule has 0 saturated carbocycles. The zero-order valence-corrected chi connectivity index (χ0v) is 10.4. The quantitative estimate of drug-likeness (QED) is 0.899. The first kappa shape index (κ1) is 13.5. The standard InChI is InChI=1S/C12H10ClFN2O3/c13-9-5-8(1-2-10(9)14)16-6-7(3-4-17)11(15-16)12(18)19/h1-2,5-6,17H,3-4H2,(H,18,19). The van der Waals surface area contributed by atoms with E-state index in [0.717, 1.165) is 0 Å². The molecular formula is C12H10ClFN2O3. The van der Waals surface area contributed by atoms with E-state index in [-0.39, 0.29) is 23.7 Å². The minimum absolute atomic E-state index is 0.0754. The van der Waals surface area contributed by atoms with E-state index in [1.165, 1.54) is 29.1 Å². The Hall–Kier alpha value is -1.92. The number of aliphatic hydroxyl groups is 1. The molecule has 2 N–H and O–H groups in total. The van der Waals surface area contributed by atoms with E-state index in [0.29, 0.717) is 11.3 Å². The predicted octanol–water partition coefficient (Wildman–Crippen LogP) is 1.90. The molecule has 2 rings (SSSR count). The number of carboxylic acids is 1. The first-order valence-corrected chi connectivity index (χ1v) is 5.79. The minimum atomic E-state index is -1.18. The lowest BCUT2D eigenvalue weighted by atomic mass is 10.2.